The summed E-state index contributed by atoms with van der Waals surface area (Å²) >= 11 is 0. The van der Waals surface area contributed by atoms with Crippen LogP contribution in [0, 0.1) is 5.92 Å². The molecule has 1 atom stereocenters. The van der Waals surface area contributed by atoms with Gasteiger partial charge in [0.1, 0.15) is 11.4 Å². The molecular weight excluding hydrogens is 538 g/mol. The van der Waals surface area contributed by atoms with Gasteiger partial charge in [0, 0.05) is 21.8 Å². The van der Waals surface area contributed by atoms with Crippen LogP contribution < -0.4 is 5.32 Å². The lowest BCUT2D eigenvalue weighted by Crippen LogP contribution is -2.14. The summed E-state index contributed by atoms with van der Waals surface area (Å²) in [6.45, 7) is 4.62. The van der Waals surface area contributed by atoms with Gasteiger partial charge < -0.3 is 15.2 Å². The Labute approximate surface area is 251 Å². The Bertz CT molecular complexity index is 1790. The molecule has 0 spiro atoms. The van der Waals surface area contributed by atoms with E-state index in [4.69, 9.17) is 4.74 Å². The second-order valence-corrected chi connectivity index (χ2v) is 10.6. The molecule has 0 aliphatic heterocycles. The van der Waals surface area contributed by atoms with Gasteiger partial charge in [0.15, 0.2) is 0 Å². The lowest BCUT2D eigenvalue weighted by atomic mass is 10.0. The predicted octanol–water partition coefficient (Wildman–Crippen LogP) is 9.74. The van der Waals surface area contributed by atoms with E-state index in [0.717, 1.165) is 36.5 Å². The largest absolute Gasteiger partial charge is 0.506 e. The highest BCUT2D eigenvalue weighted by Gasteiger charge is 2.19. The number of hydrogen-bond donors (Lipinski definition) is 2. The molecule has 0 radical (unpaired) electrons. The van der Waals surface area contributed by atoms with Crippen molar-refractivity contribution >= 4 is 50.5 Å². The number of amides is 1. The van der Waals surface area contributed by atoms with Gasteiger partial charge in [-0.25, -0.2) is 4.79 Å². The van der Waals surface area contributed by atoms with Crippen LogP contribution in [0.5, 0.6) is 5.75 Å². The highest BCUT2D eigenvalue weighted by molar-refractivity contribution is 6.14. The van der Waals surface area contributed by atoms with E-state index in [1.165, 1.54) is 6.07 Å². The molecule has 0 fully saturated rings. The number of aromatic hydroxyl groups is 1. The van der Waals surface area contributed by atoms with Crippen LogP contribution in [0.1, 0.15) is 60.2 Å². The number of carbonyl (C=O) groups excluding carboxylic acids is 2. The Kier molecular flexibility index (Phi) is 9.42. The topological polar surface area (TPSA) is 100 Å². The first-order valence-corrected chi connectivity index (χ1v) is 14.7. The molecule has 218 valence electrons. The van der Waals surface area contributed by atoms with Crippen LogP contribution in [0.4, 0.5) is 17.1 Å². The number of rotatable bonds is 11. The van der Waals surface area contributed by atoms with Crippen LogP contribution >= 0.6 is 0 Å². The molecule has 2 N–H and O–H groups in total. The van der Waals surface area contributed by atoms with Crippen LogP contribution in [0.2, 0.25) is 0 Å². The number of unbranched alkanes of at least 4 members (excludes halogenated alkanes) is 1. The van der Waals surface area contributed by atoms with Crippen molar-refractivity contribution < 1.29 is 19.4 Å². The van der Waals surface area contributed by atoms with Gasteiger partial charge in [-0.15, -0.1) is 10.2 Å². The average Bonchev–Trinajstić information content (AvgIpc) is 3.05. The molecule has 1 unspecified atom stereocenters. The maximum atomic E-state index is 13.5. The summed E-state index contributed by atoms with van der Waals surface area (Å²) in [4.78, 5) is 26.5. The number of ether oxygens (including phenoxy) is 1. The molecule has 0 aliphatic carbocycles. The average molecular weight is 574 g/mol. The molecule has 0 heterocycles. The number of carbonyl (C=O) groups is 2. The number of hydrogen-bond acceptors (Lipinski definition) is 6. The molecule has 43 heavy (non-hydrogen) atoms. The standard InChI is InChI=1S/C36H35N3O4/c1-3-5-13-24(4-2)23-43-36(42)29-19-10-11-20-32(29)38-39-33-22-30(34(40)28-18-9-8-17-27(28)33)35(41)37-31-21-12-15-25-14-6-7-16-26(25)31/h6-12,14-22,24,40H,3-5,13,23H2,1-2H3,(H,37,41). The van der Waals surface area contributed by atoms with Crippen molar-refractivity contribution in [3.05, 3.63) is 108 Å². The van der Waals surface area contributed by atoms with E-state index in [-0.39, 0.29) is 11.3 Å². The van der Waals surface area contributed by atoms with Gasteiger partial charge in [0.2, 0.25) is 0 Å². The van der Waals surface area contributed by atoms with Crippen molar-refractivity contribution in [3.8, 4) is 5.75 Å². The zero-order chi connectivity index (χ0) is 30.2. The van der Waals surface area contributed by atoms with Crippen molar-refractivity contribution in [3.63, 3.8) is 0 Å². The van der Waals surface area contributed by atoms with Crippen LogP contribution in [0.3, 0.4) is 0 Å². The van der Waals surface area contributed by atoms with Crippen molar-refractivity contribution in [1.29, 1.82) is 0 Å². The minimum atomic E-state index is -0.478. The lowest BCUT2D eigenvalue weighted by Gasteiger charge is -2.15. The molecule has 0 bridgehead atoms. The second kappa shape index (κ2) is 13.7. The number of nitrogens with one attached hydrogen (secondary N) is 1. The van der Waals surface area contributed by atoms with Gasteiger partial charge in [0.25, 0.3) is 5.91 Å². The normalized spacial score (nSPS) is 12.0. The number of esters is 1. The fourth-order valence-corrected chi connectivity index (χ4v) is 5.13. The lowest BCUT2D eigenvalue weighted by molar-refractivity contribution is 0.0429. The first-order chi connectivity index (χ1) is 21.0. The Morgan fingerprint density at radius 3 is 2.26 bits per heavy atom. The molecule has 0 aliphatic rings. The molecule has 0 saturated heterocycles. The van der Waals surface area contributed by atoms with E-state index in [2.05, 4.69) is 29.4 Å². The Balaban J connectivity index is 1.45. The molecule has 5 aromatic rings. The zero-order valence-corrected chi connectivity index (χ0v) is 24.4. The van der Waals surface area contributed by atoms with Crippen LogP contribution in [-0.4, -0.2) is 23.6 Å². The van der Waals surface area contributed by atoms with E-state index in [9.17, 15) is 14.7 Å². The summed E-state index contributed by atoms with van der Waals surface area (Å²) in [6.07, 6.45) is 4.17. The number of anilines is 1. The number of benzene rings is 5. The molecule has 0 aromatic heterocycles. The number of fused-ring (bicyclic) bond motifs is 2. The minimum absolute atomic E-state index is 0.0611. The maximum Gasteiger partial charge on any atom is 0.340 e. The van der Waals surface area contributed by atoms with Crippen LogP contribution in [0.25, 0.3) is 21.5 Å². The van der Waals surface area contributed by atoms with Gasteiger partial charge in [-0.3, -0.25) is 4.79 Å². The van der Waals surface area contributed by atoms with Gasteiger partial charge >= 0.3 is 5.97 Å². The second-order valence-electron chi connectivity index (χ2n) is 10.6. The third kappa shape index (κ3) is 6.72. The monoisotopic (exact) mass is 573 g/mol. The number of phenols is 1. The summed E-state index contributed by atoms with van der Waals surface area (Å²) in [5, 5.41) is 25.9. The molecule has 7 heteroatoms. The highest BCUT2D eigenvalue weighted by atomic mass is 16.5. The van der Waals surface area contributed by atoms with Crippen molar-refractivity contribution in [2.24, 2.45) is 16.1 Å². The summed E-state index contributed by atoms with van der Waals surface area (Å²) in [5.41, 5.74) is 1.74. The number of azo groups is 1. The number of phenolic OH excluding ortho intramolecular Hbond substituents is 1. The first kappa shape index (κ1) is 29.5. The highest BCUT2D eigenvalue weighted by Crippen LogP contribution is 2.38. The van der Waals surface area contributed by atoms with E-state index in [0.29, 0.717) is 45.9 Å². The molecule has 5 aromatic carbocycles. The third-order valence-corrected chi connectivity index (χ3v) is 7.66. The van der Waals surface area contributed by atoms with Gasteiger partial charge in [-0.1, -0.05) is 106 Å². The summed E-state index contributed by atoms with van der Waals surface area (Å²) in [6, 6.07) is 29.0. The molecule has 0 saturated carbocycles. The SMILES string of the molecule is CCCCC(CC)COC(=O)c1ccccc1N=Nc1cc(C(=O)Nc2cccc3ccccc23)c(O)c2ccccc12. The van der Waals surface area contributed by atoms with E-state index < -0.39 is 11.9 Å². The van der Waals surface area contributed by atoms with E-state index in [1.54, 1.807) is 42.5 Å². The Hall–Kier alpha value is -5.04. The smallest absolute Gasteiger partial charge is 0.340 e. The summed E-state index contributed by atoms with van der Waals surface area (Å²) in [5.74, 6) is -0.756. The van der Waals surface area contributed by atoms with Gasteiger partial charge in [0.05, 0.1) is 23.4 Å². The predicted molar refractivity (Wildman–Crippen MR) is 172 cm³/mol. The summed E-state index contributed by atoms with van der Waals surface area (Å²) in [7, 11) is 0. The van der Waals surface area contributed by atoms with Crippen LogP contribution in [-0.2, 0) is 4.74 Å². The fraction of sp³-hybridized carbons (Fsp3) is 0.222. The third-order valence-electron chi connectivity index (χ3n) is 7.66. The quantitative estimate of drug-likeness (QED) is 0.121. The number of nitrogens with zero attached hydrogens (tertiary/aromatic N) is 2. The molecule has 7 nitrogen and oxygen atoms in total. The molecule has 1 amide bonds. The Morgan fingerprint density at radius 2 is 1.47 bits per heavy atom. The Morgan fingerprint density at radius 1 is 0.791 bits per heavy atom. The van der Waals surface area contributed by atoms with Gasteiger partial charge in [-0.2, -0.15) is 0 Å². The van der Waals surface area contributed by atoms with E-state index in [1.807, 2.05) is 48.5 Å². The van der Waals surface area contributed by atoms with E-state index >= 15 is 0 Å². The van der Waals surface area contributed by atoms with Crippen molar-refractivity contribution in [2.45, 2.75) is 39.5 Å². The zero-order valence-electron chi connectivity index (χ0n) is 24.4. The van der Waals surface area contributed by atoms with Crippen LogP contribution in [0.15, 0.2) is 107 Å². The minimum Gasteiger partial charge on any atom is -0.506 e. The van der Waals surface area contributed by atoms with Crippen molar-refractivity contribution in [1.82, 2.24) is 0 Å². The molecule has 5 rings (SSSR count). The maximum absolute atomic E-state index is 13.5. The van der Waals surface area contributed by atoms with Crippen molar-refractivity contribution in [2.75, 3.05) is 11.9 Å². The summed E-state index contributed by atoms with van der Waals surface area (Å²) < 4.78 is 5.67. The van der Waals surface area contributed by atoms with Gasteiger partial charge in [-0.05, 0) is 42.0 Å². The fourth-order valence-electron chi connectivity index (χ4n) is 5.13. The first-order valence-electron chi connectivity index (χ1n) is 14.7. The molecular formula is C36H35N3O4.